The summed E-state index contributed by atoms with van der Waals surface area (Å²) < 4.78 is 6.14. The van der Waals surface area contributed by atoms with Gasteiger partial charge in [-0.05, 0) is 49.4 Å². The van der Waals surface area contributed by atoms with Gasteiger partial charge < -0.3 is 15.0 Å². The Bertz CT molecular complexity index is 909. The van der Waals surface area contributed by atoms with Crippen molar-refractivity contribution in [2.24, 2.45) is 5.92 Å². The molecule has 2 aliphatic rings. The molecule has 0 bridgehead atoms. The van der Waals surface area contributed by atoms with Gasteiger partial charge in [0.1, 0.15) is 0 Å². The Balaban J connectivity index is 1.56. The number of hydrogen-bond donors (Lipinski definition) is 1. The van der Waals surface area contributed by atoms with Crippen molar-refractivity contribution in [1.82, 2.24) is 15.2 Å². The Hall–Kier alpha value is -2.73. The minimum absolute atomic E-state index is 0.00126. The third-order valence-corrected chi connectivity index (χ3v) is 6.22. The molecule has 6 nitrogen and oxygen atoms in total. The first-order valence-electron chi connectivity index (χ1n) is 11.2. The van der Waals surface area contributed by atoms with Crippen molar-refractivity contribution in [3.63, 3.8) is 0 Å². The summed E-state index contributed by atoms with van der Waals surface area (Å²) >= 11 is 0. The number of morpholine rings is 1. The second-order valence-corrected chi connectivity index (χ2v) is 8.97. The quantitative estimate of drug-likeness (QED) is 0.778. The maximum Gasteiger partial charge on any atom is 0.254 e. The number of nitrogens with one attached hydrogen (secondary N) is 1. The molecule has 2 aromatic rings. The van der Waals surface area contributed by atoms with Crippen molar-refractivity contribution in [3.8, 4) is 11.1 Å². The molecule has 1 saturated heterocycles. The number of aromatic nitrogens is 1. The van der Waals surface area contributed by atoms with Gasteiger partial charge in [0.25, 0.3) is 5.91 Å². The monoisotopic (exact) mass is 421 g/mol. The maximum absolute atomic E-state index is 13.3. The summed E-state index contributed by atoms with van der Waals surface area (Å²) in [6.07, 6.45) is 7.04. The number of pyridine rings is 1. The zero-order chi connectivity index (χ0) is 21.8. The Morgan fingerprint density at radius 1 is 1.19 bits per heavy atom. The first-order valence-corrected chi connectivity index (χ1v) is 11.2. The number of hydrogen-bond acceptors (Lipinski definition) is 4. The molecule has 1 N–H and O–H groups in total. The van der Waals surface area contributed by atoms with Crippen molar-refractivity contribution in [1.29, 1.82) is 0 Å². The molecule has 31 heavy (non-hydrogen) atoms. The zero-order valence-corrected chi connectivity index (χ0v) is 18.3. The van der Waals surface area contributed by atoms with E-state index >= 15 is 0 Å². The van der Waals surface area contributed by atoms with Crippen LogP contribution in [0.15, 0.2) is 48.8 Å². The van der Waals surface area contributed by atoms with Gasteiger partial charge in [-0.1, -0.05) is 36.8 Å². The number of carbonyl (C=O) groups is 2. The van der Waals surface area contributed by atoms with E-state index in [1.54, 1.807) is 6.20 Å². The second kappa shape index (κ2) is 9.18. The van der Waals surface area contributed by atoms with Gasteiger partial charge >= 0.3 is 0 Å². The molecule has 4 rings (SSSR count). The lowest BCUT2D eigenvalue weighted by Gasteiger charge is -2.43. The Labute approximate surface area is 184 Å². The van der Waals surface area contributed by atoms with Gasteiger partial charge in [0.05, 0.1) is 13.2 Å². The van der Waals surface area contributed by atoms with E-state index in [1.807, 2.05) is 61.3 Å². The molecule has 1 aliphatic carbocycles. The van der Waals surface area contributed by atoms with Crippen LogP contribution in [0.25, 0.3) is 11.1 Å². The summed E-state index contributed by atoms with van der Waals surface area (Å²) in [6, 6.07) is 12.1. The smallest absolute Gasteiger partial charge is 0.254 e. The summed E-state index contributed by atoms with van der Waals surface area (Å²) in [5, 5.41) is 3.02. The second-order valence-electron chi connectivity index (χ2n) is 8.97. The van der Waals surface area contributed by atoms with Crippen molar-refractivity contribution in [2.45, 2.75) is 51.2 Å². The Morgan fingerprint density at radius 3 is 2.58 bits per heavy atom. The lowest BCUT2D eigenvalue weighted by Crippen LogP contribution is -2.63. The minimum Gasteiger partial charge on any atom is -0.361 e. The number of benzene rings is 1. The molecular formula is C25H31N3O3. The third kappa shape index (κ3) is 4.79. The largest absolute Gasteiger partial charge is 0.361 e. The van der Waals surface area contributed by atoms with Crippen LogP contribution in [0.2, 0.25) is 0 Å². The summed E-state index contributed by atoms with van der Waals surface area (Å²) in [5.41, 5.74) is 2.05. The average Bonchev–Trinajstić information content (AvgIpc) is 2.73. The minimum atomic E-state index is -1.07. The van der Waals surface area contributed by atoms with Crippen molar-refractivity contribution < 1.29 is 14.3 Å². The fraction of sp³-hybridized carbons (Fsp3) is 0.480. The molecule has 0 radical (unpaired) electrons. The van der Waals surface area contributed by atoms with Crippen LogP contribution in [-0.4, -0.2) is 53.0 Å². The first-order chi connectivity index (χ1) is 15.0. The van der Waals surface area contributed by atoms with Crippen LogP contribution >= 0.6 is 0 Å². The number of amides is 2. The number of ether oxygens (including phenoxy) is 1. The number of rotatable bonds is 6. The van der Waals surface area contributed by atoms with Gasteiger partial charge in [0, 0.05) is 37.3 Å². The van der Waals surface area contributed by atoms with E-state index in [0.717, 1.165) is 36.0 Å². The predicted octanol–water partition coefficient (Wildman–Crippen LogP) is 3.21. The van der Waals surface area contributed by atoms with Gasteiger partial charge in [-0.25, -0.2) is 0 Å². The third-order valence-electron chi connectivity index (χ3n) is 6.22. The van der Waals surface area contributed by atoms with E-state index in [9.17, 15) is 9.59 Å². The van der Waals surface area contributed by atoms with E-state index in [4.69, 9.17) is 4.74 Å². The normalized spacial score (nSPS) is 21.6. The molecule has 0 spiro atoms. The molecule has 2 fully saturated rings. The SMILES string of the molecule is CC(C)NC(=O)C1(Cc2ccc(-c3cccnc3)cc2)CN(C(=O)C2CCC2)CCO1. The van der Waals surface area contributed by atoms with Crippen LogP contribution in [0.4, 0.5) is 0 Å². The van der Waals surface area contributed by atoms with Gasteiger partial charge in [0.2, 0.25) is 5.91 Å². The molecule has 1 atom stereocenters. The van der Waals surface area contributed by atoms with Crippen molar-refractivity contribution in [2.75, 3.05) is 19.7 Å². The van der Waals surface area contributed by atoms with Gasteiger partial charge in [-0.3, -0.25) is 14.6 Å². The molecule has 2 amide bonds. The van der Waals surface area contributed by atoms with E-state index in [-0.39, 0.29) is 23.8 Å². The summed E-state index contributed by atoms with van der Waals surface area (Å²) in [7, 11) is 0. The summed E-state index contributed by atoms with van der Waals surface area (Å²) in [4.78, 5) is 32.2. The highest BCUT2D eigenvalue weighted by atomic mass is 16.5. The molecule has 1 aromatic carbocycles. The van der Waals surface area contributed by atoms with Gasteiger partial charge in [-0.2, -0.15) is 0 Å². The van der Waals surface area contributed by atoms with Crippen LogP contribution in [0.1, 0.15) is 38.7 Å². The number of nitrogens with zero attached hydrogens (tertiary/aromatic N) is 2. The van der Waals surface area contributed by atoms with Crippen LogP contribution in [0.3, 0.4) is 0 Å². The van der Waals surface area contributed by atoms with E-state index in [1.165, 1.54) is 0 Å². The summed E-state index contributed by atoms with van der Waals surface area (Å²) in [5.74, 6) is 0.135. The molecule has 1 unspecified atom stereocenters. The lowest BCUT2D eigenvalue weighted by molar-refractivity contribution is -0.169. The highest BCUT2D eigenvalue weighted by molar-refractivity contribution is 5.88. The lowest BCUT2D eigenvalue weighted by atomic mass is 9.83. The van der Waals surface area contributed by atoms with Crippen LogP contribution in [-0.2, 0) is 20.7 Å². The van der Waals surface area contributed by atoms with E-state index < -0.39 is 5.60 Å². The fourth-order valence-electron chi connectivity index (χ4n) is 4.28. The molecule has 1 saturated carbocycles. The van der Waals surface area contributed by atoms with Crippen LogP contribution in [0.5, 0.6) is 0 Å². The standard InChI is InChI=1S/C25H31N3O3/c1-18(2)27-24(30)25(17-28(13-14-31-25)23(29)21-5-3-6-21)15-19-8-10-20(11-9-19)22-7-4-12-26-16-22/h4,7-12,16,18,21H,3,5-6,13-15,17H2,1-2H3,(H,27,30). The van der Waals surface area contributed by atoms with Gasteiger partial charge in [-0.15, -0.1) is 0 Å². The van der Waals surface area contributed by atoms with E-state index in [2.05, 4.69) is 10.3 Å². The molecule has 1 aliphatic heterocycles. The topological polar surface area (TPSA) is 71.5 Å². The Kier molecular flexibility index (Phi) is 6.37. The number of carbonyl (C=O) groups excluding carboxylic acids is 2. The van der Waals surface area contributed by atoms with Crippen molar-refractivity contribution in [3.05, 3.63) is 54.4 Å². The van der Waals surface area contributed by atoms with Gasteiger partial charge in [0.15, 0.2) is 5.60 Å². The van der Waals surface area contributed by atoms with E-state index in [0.29, 0.717) is 26.1 Å². The molecule has 6 heteroatoms. The Morgan fingerprint density at radius 2 is 1.97 bits per heavy atom. The zero-order valence-electron chi connectivity index (χ0n) is 18.3. The average molecular weight is 422 g/mol. The molecule has 1 aromatic heterocycles. The highest BCUT2D eigenvalue weighted by Crippen LogP contribution is 2.31. The molecular weight excluding hydrogens is 390 g/mol. The van der Waals surface area contributed by atoms with Crippen LogP contribution in [0, 0.1) is 5.92 Å². The fourth-order valence-corrected chi connectivity index (χ4v) is 4.28. The molecule has 164 valence electrons. The summed E-state index contributed by atoms with van der Waals surface area (Å²) in [6.45, 7) is 5.10. The maximum atomic E-state index is 13.3. The highest BCUT2D eigenvalue weighted by Gasteiger charge is 2.46. The molecule has 2 heterocycles. The first kappa shape index (κ1) is 21.5. The predicted molar refractivity (Wildman–Crippen MR) is 119 cm³/mol. The van der Waals surface area contributed by atoms with Crippen molar-refractivity contribution >= 4 is 11.8 Å². The van der Waals surface area contributed by atoms with Crippen LogP contribution < -0.4 is 5.32 Å².